The molecular weight excluding hydrogens is 329 g/mol. The highest BCUT2D eigenvalue weighted by Gasteiger charge is 2.07. The second-order valence-corrected chi connectivity index (χ2v) is 6.45. The number of aryl methyl sites for hydroxylation is 3. The molecule has 4 nitrogen and oxygen atoms in total. The number of nitrogens with one attached hydrogen (secondary N) is 1. The molecule has 1 heterocycles. The molecule has 3 aromatic rings. The quantitative estimate of drug-likeness (QED) is 0.622. The predicted molar refractivity (Wildman–Crippen MR) is 101 cm³/mol. The van der Waals surface area contributed by atoms with Crippen molar-refractivity contribution in [1.29, 1.82) is 0 Å². The maximum atomic E-state index is 13.5. The van der Waals surface area contributed by atoms with Gasteiger partial charge in [-0.1, -0.05) is 30.3 Å². The number of rotatable bonds is 8. The first kappa shape index (κ1) is 18.1. The van der Waals surface area contributed by atoms with Gasteiger partial charge in [0.15, 0.2) is 0 Å². The van der Waals surface area contributed by atoms with E-state index < -0.39 is 0 Å². The highest BCUT2D eigenvalue weighted by molar-refractivity contribution is 5.76. The van der Waals surface area contributed by atoms with Crippen molar-refractivity contribution in [3.63, 3.8) is 0 Å². The number of halogens is 1. The molecule has 2 aromatic carbocycles. The number of nitrogens with zero attached hydrogens (tertiary/aromatic N) is 2. The lowest BCUT2D eigenvalue weighted by atomic mass is 10.1. The molecule has 0 aliphatic carbocycles. The number of amides is 1. The average Bonchev–Trinajstić information content (AvgIpc) is 2.96. The Labute approximate surface area is 153 Å². The SMILES string of the molecule is Cc1nc2ccccc2n1CCCNC(=O)CCCc1ccccc1F. The van der Waals surface area contributed by atoms with Crippen LogP contribution in [-0.4, -0.2) is 22.0 Å². The largest absolute Gasteiger partial charge is 0.356 e. The number of para-hydroxylation sites is 2. The van der Waals surface area contributed by atoms with Crippen molar-refractivity contribution in [2.45, 2.75) is 39.2 Å². The summed E-state index contributed by atoms with van der Waals surface area (Å²) in [7, 11) is 0. The van der Waals surface area contributed by atoms with Gasteiger partial charge in [-0.3, -0.25) is 4.79 Å². The van der Waals surface area contributed by atoms with Crippen LogP contribution in [0.4, 0.5) is 4.39 Å². The van der Waals surface area contributed by atoms with Gasteiger partial charge >= 0.3 is 0 Å². The van der Waals surface area contributed by atoms with Crippen LogP contribution in [0.5, 0.6) is 0 Å². The van der Waals surface area contributed by atoms with Gasteiger partial charge in [-0.15, -0.1) is 0 Å². The lowest BCUT2D eigenvalue weighted by Gasteiger charge is -2.08. The van der Waals surface area contributed by atoms with Gasteiger partial charge in [0.05, 0.1) is 11.0 Å². The summed E-state index contributed by atoms with van der Waals surface area (Å²) in [6.45, 7) is 3.45. The molecule has 0 saturated heterocycles. The second-order valence-electron chi connectivity index (χ2n) is 6.45. The molecule has 0 atom stereocenters. The Balaban J connectivity index is 1.39. The minimum atomic E-state index is -0.198. The monoisotopic (exact) mass is 353 g/mol. The van der Waals surface area contributed by atoms with Crippen LogP contribution >= 0.6 is 0 Å². The van der Waals surface area contributed by atoms with E-state index in [1.54, 1.807) is 12.1 Å². The molecule has 3 rings (SSSR count). The lowest BCUT2D eigenvalue weighted by molar-refractivity contribution is -0.121. The smallest absolute Gasteiger partial charge is 0.220 e. The molecule has 1 N–H and O–H groups in total. The molecule has 0 aliphatic heterocycles. The normalized spacial score (nSPS) is 11.0. The van der Waals surface area contributed by atoms with Gasteiger partial charge in [-0.2, -0.15) is 0 Å². The Kier molecular flexibility index (Phi) is 6.00. The summed E-state index contributed by atoms with van der Waals surface area (Å²) in [4.78, 5) is 16.5. The van der Waals surface area contributed by atoms with Crippen LogP contribution < -0.4 is 5.32 Å². The van der Waals surface area contributed by atoms with Gasteiger partial charge in [0.25, 0.3) is 0 Å². The van der Waals surface area contributed by atoms with E-state index in [-0.39, 0.29) is 11.7 Å². The number of fused-ring (bicyclic) bond motifs is 1. The number of aromatic nitrogens is 2. The van der Waals surface area contributed by atoms with Crippen LogP contribution in [-0.2, 0) is 17.8 Å². The van der Waals surface area contributed by atoms with Crippen molar-refractivity contribution >= 4 is 16.9 Å². The molecule has 0 fully saturated rings. The first-order valence-corrected chi connectivity index (χ1v) is 9.07. The molecule has 0 spiro atoms. The zero-order valence-corrected chi connectivity index (χ0v) is 15.0. The van der Waals surface area contributed by atoms with Gasteiger partial charge < -0.3 is 9.88 Å². The van der Waals surface area contributed by atoms with Crippen molar-refractivity contribution in [1.82, 2.24) is 14.9 Å². The molecule has 26 heavy (non-hydrogen) atoms. The molecular formula is C21H24FN3O. The standard InChI is InChI=1S/C21H24FN3O/c1-16-24-19-11-4-5-12-20(19)25(16)15-7-14-23-21(26)13-6-9-17-8-2-3-10-18(17)22/h2-5,8,10-12H,6-7,9,13-15H2,1H3,(H,23,26). The van der Waals surface area contributed by atoms with Gasteiger partial charge in [0.2, 0.25) is 5.91 Å². The maximum Gasteiger partial charge on any atom is 0.220 e. The zero-order valence-electron chi connectivity index (χ0n) is 15.0. The maximum absolute atomic E-state index is 13.5. The van der Waals surface area contributed by atoms with E-state index in [4.69, 9.17) is 0 Å². The van der Waals surface area contributed by atoms with Crippen molar-refractivity contribution in [3.05, 3.63) is 65.7 Å². The van der Waals surface area contributed by atoms with E-state index in [0.29, 0.717) is 31.4 Å². The molecule has 0 bridgehead atoms. The number of imidazole rings is 1. The van der Waals surface area contributed by atoms with E-state index in [1.165, 1.54) is 6.07 Å². The predicted octanol–water partition coefficient (Wildman–Crippen LogP) is 4.01. The van der Waals surface area contributed by atoms with Crippen LogP contribution in [0.1, 0.15) is 30.7 Å². The molecule has 0 saturated carbocycles. The number of hydrogen-bond acceptors (Lipinski definition) is 2. The first-order valence-electron chi connectivity index (χ1n) is 9.07. The molecule has 0 unspecified atom stereocenters. The number of carbonyl (C=O) groups excluding carboxylic acids is 1. The molecule has 136 valence electrons. The van der Waals surface area contributed by atoms with Crippen molar-refractivity contribution in [2.75, 3.05) is 6.54 Å². The molecule has 0 radical (unpaired) electrons. The summed E-state index contributed by atoms with van der Waals surface area (Å²) >= 11 is 0. The summed E-state index contributed by atoms with van der Waals surface area (Å²) in [5.74, 6) is 0.812. The molecule has 1 amide bonds. The van der Waals surface area contributed by atoms with E-state index in [1.807, 2.05) is 31.2 Å². The highest BCUT2D eigenvalue weighted by atomic mass is 19.1. The van der Waals surface area contributed by atoms with E-state index >= 15 is 0 Å². The van der Waals surface area contributed by atoms with Crippen LogP contribution in [0.25, 0.3) is 11.0 Å². The minimum absolute atomic E-state index is 0.0218. The second kappa shape index (κ2) is 8.61. The first-order chi connectivity index (χ1) is 12.6. The van der Waals surface area contributed by atoms with E-state index in [0.717, 1.165) is 29.8 Å². The Bertz CT molecular complexity index is 888. The Hall–Kier alpha value is -2.69. The number of carbonyl (C=O) groups is 1. The van der Waals surface area contributed by atoms with Gasteiger partial charge in [0, 0.05) is 19.5 Å². The van der Waals surface area contributed by atoms with Crippen LogP contribution in [0.3, 0.4) is 0 Å². The summed E-state index contributed by atoms with van der Waals surface area (Å²) in [6.07, 6.45) is 2.50. The lowest BCUT2D eigenvalue weighted by Crippen LogP contribution is -2.25. The molecule has 1 aromatic heterocycles. The Morgan fingerprint density at radius 1 is 1.12 bits per heavy atom. The third-order valence-electron chi connectivity index (χ3n) is 4.53. The van der Waals surface area contributed by atoms with E-state index in [2.05, 4.69) is 20.9 Å². The van der Waals surface area contributed by atoms with Crippen molar-refractivity contribution in [2.24, 2.45) is 0 Å². The molecule has 5 heteroatoms. The third-order valence-corrected chi connectivity index (χ3v) is 4.53. The van der Waals surface area contributed by atoms with Gasteiger partial charge in [0.1, 0.15) is 11.6 Å². The minimum Gasteiger partial charge on any atom is -0.356 e. The van der Waals surface area contributed by atoms with Crippen LogP contribution in [0, 0.1) is 12.7 Å². The van der Waals surface area contributed by atoms with E-state index in [9.17, 15) is 9.18 Å². The summed E-state index contributed by atoms with van der Waals surface area (Å²) in [5, 5.41) is 2.95. The summed E-state index contributed by atoms with van der Waals surface area (Å²) in [5.41, 5.74) is 2.80. The Morgan fingerprint density at radius 3 is 2.73 bits per heavy atom. The topological polar surface area (TPSA) is 46.9 Å². The van der Waals surface area contributed by atoms with Gasteiger partial charge in [-0.05, 0) is 49.9 Å². The Morgan fingerprint density at radius 2 is 1.88 bits per heavy atom. The summed E-state index contributed by atoms with van der Waals surface area (Å²) in [6, 6.07) is 14.8. The summed E-state index contributed by atoms with van der Waals surface area (Å²) < 4.78 is 15.7. The fraction of sp³-hybridized carbons (Fsp3) is 0.333. The fourth-order valence-corrected chi connectivity index (χ4v) is 3.17. The van der Waals surface area contributed by atoms with Gasteiger partial charge in [-0.25, -0.2) is 9.37 Å². The third kappa shape index (κ3) is 4.48. The average molecular weight is 353 g/mol. The number of benzene rings is 2. The highest BCUT2D eigenvalue weighted by Crippen LogP contribution is 2.15. The fourth-order valence-electron chi connectivity index (χ4n) is 3.17. The number of hydrogen-bond donors (Lipinski definition) is 1. The van der Waals surface area contributed by atoms with Crippen molar-refractivity contribution in [3.8, 4) is 0 Å². The molecule has 0 aliphatic rings. The van der Waals surface area contributed by atoms with Crippen LogP contribution in [0.2, 0.25) is 0 Å². The zero-order chi connectivity index (χ0) is 18.4. The van der Waals surface area contributed by atoms with Crippen LogP contribution in [0.15, 0.2) is 48.5 Å². The van der Waals surface area contributed by atoms with Crippen molar-refractivity contribution < 1.29 is 9.18 Å².